The minimum absolute atomic E-state index is 0.00836. The molecule has 0 bridgehead atoms. The Morgan fingerprint density at radius 2 is 2.29 bits per heavy atom. The molecule has 9 heteroatoms. The van der Waals surface area contributed by atoms with Gasteiger partial charge in [0.2, 0.25) is 10.0 Å². The van der Waals surface area contributed by atoms with Crippen LogP contribution in [-0.4, -0.2) is 50.1 Å². The highest BCUT2D eigenvalue weighted by Gasteiger charge is 2.18. The van der Waals surface area contributed by atoms with Crippen molar-refractivity contribution in [1.82, 2.24) is 14.9 Å². The van der Waals surface area contributed by atoms with E-state index < -0.39 is 10.0 Å². The van der Waals surface area contributed by atoms with Crippen molar-refractivity contribution in [3.8, 4) is 0 Å². The summed E-state index contributed by atoms with van der Waals surface area (Å²) in [7, 11) is -3.61. The molecule has 0 radical (unpaired) electrons. The number of aliphatic hydroxyl groups is 1. The summed E-state index contributed by atoms with van der Waals surface area (Å²) in [5, 5.41) is 14.3. The second kappa shape index (κ2) is 6.55. The topological polar surface area (TPSA) is 130 Å². The van der Waals surface area contributed by atoms with E-state index in [9.17, 15) is 8.42 Å². The third-order valence-corrected chi connectivity index (χ3v) is 3.40. The van der Waals surface area contributed by atoms with Gasteiger partial charge in [-0.25, -0.2) is 13.1 Å². The van der Waals surface area contributed by atoms with Gasteiger partial charge in [-0.2, -0.15) is 5.10 Å². The average Bonchev–Trinajstić information content (AvgIpc) is 2.70. The number of nitrogens with one attached hydrogen (secondary N) is 2. The second-order valence-electron chi connectivity index (χ2n) is 3.24. The van der Waals surface area contributed by atoms with Gasteiger partial charge in [-0.15, -0.1) is 0 Å². The molecule has 1 heterocycles. The lowest BCUT2D eigenvalue weighted by Crippen LogP contribution is -2.26. The van der Waals surface area contributed by atoms with Crippen LogP contribution in [0.25, 0.3) is 0 Å². The largest absolute Gasteiger partial charge is 0.394 e. The molecule has 0 saturated heterocycles. The third-order valence-electron chi connectivity index (χ3n) is 1.91. The molecule has 8 nitrogen and oxygen atoms in total. The molecule has 0 aliphatic heterocycles. The summed E-state index contributed by atoms with van der Waals surface area (Å²) in [6.07, 6.45) is 1.66. The Labute approximate surface area is 99.2 Å². The SMILES string of the molecule is Nc1[nH]ncc1S(=O)(=O)NCCCOCCO. The highest BCUT2D eigenvalue weighted by atomic mass is 32.2. The van der Waals surface area contributed by atoms with Crippen molar-refractivity contribution in [1.29, 1.82) is 0 Å². The number of nitrogens with zero attached hydrogens (tertiary/aromatic N) is 1. The van der Waals surface area contributed by atoms with Crippen molar-refractivity contribution in [3.05, 3.63) is 6.20 Å². The van der Waals surface area contributed by atoms with Crippen LogP contribution in [0.15, 0.2) is 11.1 Å². The van der Waals surface area contributed by atoms with Crippen molar-refractivity contribution in [2.75, 3.05) is 32.1 Å². The molecule has 0 fully saturated rings. The number of rotatable bonds is 8. The molecular formula is C8H16N4O4S. The van der Waals surface area contributed by atoms with Crippen LogP contribution in [0.5, 0.6) is 0 Å². The lowest BCUT2D eigenvalue weighted by atomic mass is 10.5. The number of H-pyrrole nitrogens is 1. The van der Waals surface area contributed by atoms with Crippen LogP contribution in [0.1, 0.15) is 6.42 Å². The summed E-state index contributed by atoms with van der Waals surface area (Å²) in [6, 6.07) is 0. The molecule has 0 aliphatic carbocycles. The summed E-state index contributed by atoms with van der Waals surface area (Å²) in [5.41, 5.74) is 5.41. The van der Waals surface area contributed by atoms with Crippen LogP contribution in [0, 0.1) is 0 Å². The fourth-order valence-corrected chi connectivity index (χ4v) is 2.22. The average molecular weight is 264 g/mol. The number of sulfonamides is 1. The number of hydrogen-bond donors (Lipinski definition) is 4. The first-order valence-electron chi connectivity index (χ1n) is 5.05. The maximum atomic E-state index is 11.7. The van der Waals surface area contributed by atoms with E-state index in [0.717, 1.165) is 6.20 Å². The van der Waals surface area contributed by atoms with Gasteiger partial charge < -0.3 is 15.6 Å². The minimum Gasteiger partial charge on any atom is -0.394 e. The number of anilines is 1. The fraction of sp³-hybridized carbons (Fsp3) is 0.625. The molecule has 5 N–H and O–H groups in total. The highest BCUT2D eigenvalue weighted by molar-refractivity contribution is 7.89. The number of aromatic nitrogens is 2. The second-order valence-corrected chi connectivity index (χ2v) is 4.97. The number of ether oxygens (including phenoxy) is 1. The molecule has 1 rings (SSSR count). The van der Waals surface area contributed by atoms with Crippen LogP contribution in [0.3, 0.4) is 0 Å². The van der Waals surface area contributed by atoms with Crippen LogP contribution in [0.4, 0.5) is 5.82 Å². The third kappa shape index (κ3) is 4.30. The smallest absolute Gasteiger partial charge is 0.245 e. The zero-order chi connectivity index (χ0) is 12.7. The zero-order valence-corrected chi connectivity index (χ0v) is 10.0. The monoisotopic (exact) mass is 264 g/mol. The van der Waals surface area contributed by atoms with Crippen LogP contribution in [0.2, 0.25) is 0 Å². The van der Waals surface area contributed by atoms with E-state index in [1.807, 2.05) is 0 Å². The van der Waals surface area contributed by atoms with E-state index in [4.69, 9.17) is 15.6 Å². The van der Waals surface area contributed by atoms with E-state index in [2.05, 4.69) is 14.9 Å². The minimum atomic E-state index is -3.61. The first-order chi connectivity index (χ1) is 8.08. The molecule has 0 unspecified atom stereocenters. The van der Waals surface area contributed by atoms with Crippen LogP contribution >= 0.6 is 0 Å². The lowest BCUT2D eigenvalue weighted by Gasteiger charge is -2.05. The lowest BCUT2D eigenvalue weighted by molar-refractivity contribution is 0.0913. The molecule has 17 heavy (non-hydrogen) atoms. The van der Waals surface area contributed by atoms with Crippen LogP contribution < -0.4 is 10.5 Å². The van der Waals surface area contributed by atoms with Gasteiger partial charge in [0, 0.05) is 13.2 Å². The van der Waals surface area contributed by atoms with Gasteiger partial charge in [-0.05, 0) is 6.42 Å². The molecular weight excluding hydrogens is 248 g/mol. The number of aliphatic hydroxyl groups excluding tert-OH is 1. The van der Waals surface area contributed by atoms with Gasteiger partial charge in [-0.1, -0.05) is 0 Å². The Morgan fingerprint density at radius 3 is 2.88 bits per heavy atom. The zero-order valence-electron chi connectivity index (χ0n) is 9.22. The van der Waals surface area contributed by atoms with Gasteiger partial charge in [0.15, 0.2) is 0 Å². The molecule has 0 aliphatic rings. The predicted octanol–water partition coefficient (Wildman–Crippen LogP) is -1.33. The number of aromatic amines is 1. The summed E-state index contributed by atoms with van der Waals surface area (Å²) < 4.78 is 30.7. The predicted molar refractivity (Wildman–Crippen MR) is 60.7 cm³/mol. The van der Waals surface area contributed by atoms with Crippen molar-refractivity contribution in [2.24, 2.45) is 0 Å². The van der Waals surface area contributed by atoms with Crippen molar-refractivity contribution < 1.29 is 18.3 Å². The normalized spacial score (nSPS) is 11.8. The Kier molecular flexibility index (Phi) is 5.35. The van der Waals surface area contributed by atoms with Gasteiger partial charge in [0.25, 0.3) is 0 Å². The highest BCUT2D eigenvalue weighted by Crippen LogP contribution is 2.13. The van der Waals surface area contributed by atoms with E-state index in [-0.39, 0.29) is 30.5 Å². The summed E-state index contributed by atoms with van der Waals surface area (Å²) in [5.74, 6) is 0.00836. The van der Waals surface area contributed by atoms with Crippen molar-refractivity contribution >= 4 is 15.8 Å². The Bertz CT molecular complexity index is 430. The standard InChI is InChI=1S/C8H16N4O4S/c9-8-7(6-10-12-8)17(14,15)11-2-1-4-16-5-3-13/h6,11,13H,1-5H2,(H3,9,10,12). The maximum absolute atomic E-state index is 11.7. The van der Waals surface area contributed by atoms with Gasteiger partial charge in [0.1, 0.15) is 10.7 Å². The molecule has 0 spiro atoms. The van der Waals surface area contributed by atoms with Crippen molar-refractivity contribution in [2.45, 2.75) is 11.3 Å². The van der Waals surface area contributed by atoms with Gasteiger partial charge >= 0.3 is 0 Å². The first kappa shape index (κ1) is 13.9. The molecule has 0 atom stereocenters. The van der Waals surface area contributed by atoms with Gasteiger partial charge in [-0.3, -0.25) is 5.10 Å². The molecule has 98 valence electrons. The number of hydrogen-bond acceptors (Lipinski definition) is 6. The van der Waals surface area contributed by atoms with Gasteiger partial charge in [0.05, 0.1) is 19.4 Å². The van der Waals surface area contributed by atoms with E-state index >= 15 is 0 Å². The summed E-state index contributed by atoms with van der Waals surface area (Å²) in [4.78, 5) is -0.0613. The van der Waals surface area contributed by atoms with Crippen LogP contribution in [-0.2, 0) is 14.8 Å². The molecule has 1 aromatic heterocycles. The van der Waals surface area contributed by atoms with Crippen molar-refractivity contribution in [3.63, 3.8) is 0 Å². The first-order valence-corrected chi connectivity index (χ1v) is 6.53. The summed E-state index contributed by atoms with van der Waals surface area (Å²) >= 11 is 0. The quantitative estimate of drug-likeness (QED) is 0.430. The Hall–Kier alpha value is -1.16. The number of nitrogens with two attached hydrogens (primary N) is 1. The molecule has 0 saturated carbocycles. The molecule has 0 aromatic carbocycles. The van der Waals surface area contributed by atoms with E-state index in [1.165, 1.54) is 0 Å². The molecule has 0 amide bonds. The van der Waals surface area contributed by atoms with E-state index in [0.29, 0.717) is 13.0 Å². The Morgan fingerprint density at radius 1 is 1.53 bits per heavy atom. The fourth-order valence-electron chi connectivity index (χ4n) is 1.12. The maximum Gasteiger partial charge on any atom is 0.245 e. The Balaban J connectivity index is 2.34. The summed E-state index contributed by atoms with van der Waals surface area (Å²) in [6.45, 7) is 0.820. The molecule has 1 aromatic rings. The van der Waals surface area contributed by atoms with E-state index in [1.54, 1.807) is 0 Å². The number of nitrogen functional groups attached to an aromatic ring is 1.